The molecule has 25 heavy (non-hydrogen) atoms. The average molecular weight is 461 g/mol. The van der Waals surface area contributed by atoms with Crippen LogP contribution in [0.15, 0.2) is 47.7 Å². The predicted octanol–water partition coefficient (Wildman–Crippen LogP) is 2.32. The Balaban J connectivity index is 0.00000312. The third-order valence-electron chi connectivity index (χ3n) is 3.44. The zero-order valence-corrected chi connectivity index (χ0v) is 16.6. The second-order valence-corrected chi connectivity index (χ2v) is 5.34. The van der Waals surface area contributed by atoms with Crippen molar-refractivity contribution < 1.29 is 9.50 Å². The van der Waals surface area contributed by atoms with E-state index in [-0.39, 0.29) is 36.3 Å². The number of aliphatic hydroxyl groups is 1. The van der Waals surface area contributed by atoms with Crippen LogP contribution in [0.4, 0.5) is 4.39 Å². The molecule has 6 nitrogen and oxygen atoms in total. The molecule has 138 valence electrons. The first-order valence-electron chi connectivity index (χ1n) is 8.12. The minimum atomic E-state index is -0.759. The number of nitrogens with zero attached hydrogens (tertiary/aromatic N) is 3. The molecule has 2 rings (SSSR count). The fraction of sp³-hybridized carbons (Fsp3) is 0.412. The van der Waals surface area contributed by atoms with Crippen molar-refractivity contribution in [2.24, 2.45) is 4.99 Å². The molecule has 3 N–H and O–H groups in total. The van der Waals surface area contributed by atoms with Crippen molar-refractivity contribution in [2.75, 3.05) is 19.6 Å². The van der Waals surface area contributed by atoms with Crippen LogP contribution in [0.5, 0.6) is 0 Å². The molecule has 0 fully saturated rings. The van der Waals surface area contributed by atoms with Crippen LogP contribution in [0.2, 0.25) is 0 Å². The summed E-state index contributed by atoms with van der Waals surface area (Å²) in [4.78, 5) is 4.37. The highest BCUT2D eigenvalue weighted by Gasteiger charge is 2.07. The molecule has 0 saturated carbocycles. The number of aromatic nitrogens is 2. The molecule has 0 amide bonds. The van der Waals surface area contributed by atoms with E-state index in [1.165, 1.54) is 12.1 Å². The van der Waals surface area contributed by atoms with Gasteiger partial charge in [0.1, 0.15) is 5.82 Å². The molecule has 2 aromatic rings. The van der Waals surface area contributed by atoms with Gasteiger partial charge in [0, 0.05) is 32.0 Å². The van der Waals surface area contributed by atoms with Crippen LogP contribution in [-0.4, -0.2) is 40.5 Å². The average Bonchev–Trinajstić information content (AvgIpc) is 3.10. The molecule has 1 atom stereocenters. The summed E-state index contributed by atoms with van der Waals surface area (Å²) in [6.45, 7) is 4.51. The SMILES string of the molecule is CCNC(=NCC(O)c1ccc(F)cc1)NCCCn1cccn1.I. The van der Waals surface area contributed by atoms with E-state index in [4.69, 9.17) is 0 Å². The second-order valence-electron chi connectivity index (χ2n) is 5.34. The van der Waals surface area contributed by atoms with Crippen molar-refractivity contribution in [1.82, 2.24) is 20.4 Å². The maximum absolute atomic E-state index is 12.9. The Morgan fingerprint density at radius 1 is 1.32 bits per heavy atom. The first-order chi connectivity index (χ1) is 11.7. The molecule has 1 unspecified atom stereocenters. The van der Waals surface area contributed by atoms with E-state index in [9.17, 15) is 9.50 Å². The summed E-state index contributed by atoms with van der Waals surface area (Å²) in [5.74, 6) is 0.334. The van der Waals surface area contributed by atoms with Crippen LogP contribution in [0.1, 0.15) is 25.0 Å². The standard InChI is InChI=1S/C17H24FN5O.HI/c1-2-19-17(20-9-3-11-23-12-4-10-22-23)21-13-16(24)14-5-7-15(18)8-6-14;/h4-8,10,12,16,24H,2-3,9,11,13H2,1H3,(H2,19,20,21);1H. The summed E-state index contributed by atoms with van der Waals surface area (Å²) in [5.41, 5.74) is 0.648. The Bertz CT molecular complexity index is 618. The minimum Gasteiger partial charge on any atom is -0.386 e. The van der Waals surface area contributed by atoms with E-state index in [1.54, 1.807) is 18.3 Å². The van der Waals surface area contributed by atoms with Gasteiger partial charge in [0.15, 0.2) is 5.96 Å². The van der Waals surface area contributed by atoms with Gasteiger partial charge in [-0.3, -0.25) is 9.67 Å². The van der Waals surface area contributed by atoms with Gasteiger partial charge in [0.05, 0.1) is 12.6 Å². The summed E-state index contributed by atoms with van der Waals surface area (Å²) in [5, 5.41) is 20.6. The molecule has 0 aliphatic rings. The van der Waals surface area contributed by atoms with Gasteiger partial charge >= 0.3 is 0 Å². The van der Waals surface area contributed by atoms with Crippen LogP contribution in [0.3, 0.4) is 0 Å². The number of guanidine groups is 1. The summed E-state index contributed by atoms with van der Waals surface area (Å²) >= 11 is 0. The lowest BCUT2D eigenvalue weighted by Crippen LogP contribution is -2.38. The Morgan fingerprint density at radius 3 is 2.72 bits per heavy atom. The van der Waals surface area contributed by atoms with Crippen LogP contribution >= 0.6 is 24.0 Å². The maximum Gasteiger partial charge on any atom is 0.191 e. The van der Waals surface area contributed by atoms with Crippen LogP contribution in [0, 0.1) is 5.82 Å². The first-order valence-corrected chi connectivity index (χ1v) is 8.12. The molecule has 1 heterocycles. The quantitative estimate of drug-likeness (QED) is 0.244. The number of rotatable bonds is 8. The van der Waals surface area contributed by atoms with E-state index in [0.29, 0.717) is 11.5 Å². The normalized spacial score (nSPS) is 12.4. The molecule has 0 spiro atoms. The minimum absolute atomic E-state index is 0. The molecule has 0 aliphatic carbocycles. The van der Waals surface area contributed by atoms with E-state index < -0.39 is 6.10 Å². The highest BCUT2D eigenvalue weighted by Crippen LogP contribution is 2.13. The van der Waals surface area contributed by atoms with Crippen LogP contribution in [-0.2, 0) is 6.54 Å². The van der Waals surface area contributed by atoms with Crippen molar-refractivity contribution in [3.63, 3.8) is 0 Å². The number of aliphatic imine (C=N–C) groups is 1. The van der Waals surface area contributed by atoms with Gasteiger partial charge in [-0.15, -0.1) is 24.0 Å². The van der Waals surface area contributed by atoms with E-state index >= 15 is 0 Å². The third-order valence-corrected chi connectivity index (χ3v) is 3.44. The number of benzene rings is 1. The number of halogens is 2. The summed E-state index contributed by atoms with van der Waals surface area (Å²) in [6, 6.07) is 7.71. The number of aryl methyl sites for hydroxylation is 1. The molecular formula is C17H25FIN5O. The van der Waals surface area contributed by atoms with Gasteiger partial charge in [0.25, 0.3) is 0 Å². The van der Waals surface area contributed by atoms with E-state index in [2.05, 4.69) is 20.7 Å². The van der Waals surface area contributed by atoms with Gasteiger partial charge in [0.2, 0.25) is 0 Å². The monoisotopic (exact) mass is 461 g/mol. The fourth-order valence-corrected chi connectivity index (χ4v) is 2.19. The smallest absolute Gasteiger partial charge is 0.191 e. The zero-order chi connectivity index (χ0) is 17.2. The van der Waals surface area contributed by atoms with E-state index in [0.717, 1.165) is 26.1 Å². The fourth-order valence-electron chi connectivity index (χ4n) is 2.19. The largest absolute Gasteiger partial charge is 0.386 e. The summed E-state index contributed by atoms with van der Waals surface area (Å²) in [6.07, 6.45) is 3.84. The number of nitrogens with one attached hydrogen (secondary N) is 2. The summed E-state index contributed by atoms with van der Waals surface area (Å²) < 4.78 is 14.8. The third kappa shape index (κ3) is 7.82. The van der Waals surface area contributed by atoms with Gasteiger partial charge in [-0.1, -0.05) is 12.1 Å². The van der Waals surface area contributed by atoms with Crippen molar-refractivity contribution in [1.29, 1.82) is 0 Å². The van der Waals surface area contributed by atoms with Gasteiger partial charge in [-0.25, -0.2) is 4.39 Å². The zero-order valence-electron chi connectivity index (χ0n) is 14.2. The molecular weight excluding hydrogens is 436 g/mol. The van der Waals surface area contributed by atoms with Crippen molar-refractivity contribution in [3.05, 3.63) is 54.1 Å². The topological polar surface area (TPSA) is 74.5 Å². The van der Waals surface area contributed by atoms with Crippen molar-refractivity contribution in [3.8, 4) is 0 Å². The van der Waals surface area contributed by atoms with Gasteiger partial charge in [-0.2, -0.15) is 5.10 Å². The Hall–Kier alpha value is -1.68. The Labute approximate surface area is 164 Å². The lowest BCUT2D eigenvalue weighted by Gasteiger charge is -2.13. The molecule has 0 radical (unpaired) electrons. The number of hydrogen-bond donors (Lipinski definition) is 3. The first kappa shape index (κ1) is 21.4. The Kier molecular flexibility index (Phi) is 10.1. The molecule has 1 aromatic heterocycles. The molecule has 0 aliphatic heterocycles. The second kappa shape index (κ2) is 11.8. The maximum atomic E-state index is 12.9. The van der Waals surface area contributed by atoms with E-state index in [1.807, 2.05) is 23.9 Å². The number of aliphatic hydroxyl groups excluding tert-OH is 1. The van der Waals surface area contributed by atoms with Gasteiger partial charge < -0.3 is 15.7 Å². The Morgan fingerprint density at radius 2 is 2.08 bits per heavy atom. The van der Waals surface area contributed by atoms with Crippen molar-refractivity contribution in [2.45, 2.75) is 26.0 Å². The van der Waals surface area contributed by atoms with Crippen LogP contribution in [0.25, 0.3) is 0 Å². The molecule has 1 aromatic carbocycles. The lowest BCUT2D eigenvalue weighted by molar-refractivity contribution is 0.187. The highest BCUT2D eigenvalue weighted by molar-refractivity contribution is 14.0. The lowest BCUT2D eigenvalue weighted by atomic mass is 10.1. The van der Waals surface area contributed by atoms with Crippen molar-refractivity contribution >= 4 is 29.9 Å². The summed E-state index contributed by atoms with van der Waals surface area (Å²) in [7, 11) is 0. The highest BCUT2D eigenvalue weighted by atomic mass is 127. The molecule has 0 saturated heterocycles. The van der Waals surface area contributed by atoms with Crippen LogP contribution < -0.4 is 10.6 Å². The number of hydrogen-bond acceptors (Lipinski definition) is 3. The predicted molar refractivity (Wildman–Crippen MR) is 108 cm³/mol. The molecule has 0 bridgehead atoms. The molecule has 8 heteroatoms. The van der Waals surface area contributed by atoms with Gasteiger partial charge in [-0.05, 0) is 37.1 Å².